The largest absolute Gasteiger partial charge is 0.332 e. The molecule has 0 aromatic rings. The van der Waals surface area contributed by atoms with Crippen molar-refractivity contribution in [1.82, 2.24) is 41.7 Å². The first-order chi connectivity index (χ1) is 20.5. The Morgan fingerprint density at radius 3 is 1.33 bits per heavy atom. The van der Waals surface area contributed by atoms with Gasteiger partial charge in [0.15, 0.2) is 0 Å². The van der Waals surface area contributed by atoms with E-state index in [1.165, 1.54) is 0 Å². The summed E-state index contributed by atoms with van der Waals surface area (Å²) in [7, 11) is 0. The number of piperidine rings is 2. The summed E-state index contributed by atoms with van der Waals surface area (Å²) in [5.74, 6) is 1.74. The normalized spacial score (nSPS) is 43.0. The summed E-state index contributed by atoms with van der Waals surface area (Å²) < 4.78 is 30.6. The summed E-state index contributed by atoms with van der Waals surface area (Å²) in [6.45, 7) is 10.5. The van der Waals surface area contributed by atoms with Crippen LogP contribution in [0.4, 0.5) is 13.6 Å². The molecule has 0 bridgehead atoms. The van der Waals surface area contributed by atoms with Crippen molar-refractivity contribution >= 4 is 6.03 Å². The fourth-order valence-corrected chi connectivity index (χ4v) is 8.99. The van der Waals surface area contributed by atoms with Crippen molar-refractivity contribution in [1.29, 1.82) is 0 Å². The molecule has 4 aliphatic heterocycles. The summed E-state index contributed by atoms with van der Waals surface area (Å²) >= 11 is 0. The zero-order valence-electron chi connectivity index (χ0n) is 25.5. The molecule has 4 saturated heterocycles. The Balaban J connectivity index is 0.878. The molecular weight excluding hydrogens is 538 g/mol. The maximum Gasteiger partial charge on any atom is 0.315 e. The number of piperazine rings is 2. The third kappa shape index (κ3) is 7.75. The summed E-state index contributed by atoms with van der Waals surface area (Å²) in [6, 6.07) is -1.35. The molecule has 6 rings (SSSR count). The van der Waals surface area contributed by atoms with Gasteiger partial charge in [0.2, 0.25) is 0 Å². The van der Waals surface area contributed by atoms with Crippen LogP contribution >= 0.6 is 0 Å². The SMILES string of the molecule is O=C(NC1CCC(C2CCC(N3CCNCC3)NC2)CC1F)NC1CCC(C2CCC(N3CCNCC3)NC2)CC1F. The van der Waals surface area contributed by atoms with Gasteiger partial charge in [-0.05, 0) is 101 Å². The summed E-state index contributed by atoms with van der Waals surface area (Å²) in [5.41, 5.74) is 0. The Morgan fingerprint density at radius 1 is 0.571 bits per heavy atom. The van der Waals surface area contributed by atoms with Gasteiger partial charge in [-0.3, -0.25) is 9.80 Å². The molecule has 0 radical (unpaired) electrons. The number of nitrogens with one attached hydrogen (secondary N) is 6. The Bertz CT molecular complexity index is 777. The lowest BCUT2D eigenvalue weighted by molar-refractivity contribution is 0.0619. The van der Waals surface area contributed by atoms with Gasteiger partial charge in [0.1, 0.15) is 12.3 Å². The second kappa shape index (κ2) is 14.8. The number of carbonyl (C=O) groups excluding carboxylic acids is 1. The Labute approximate surface area is 251 Å². The number of alkyl halides is 2. The van der Waals surface area contributed by atoms with E-state index in [1.54, 1.807) is 0 Å². The van der Waals surface area contributed by atoms with E-state index in [2.05, 4.69) is 41.7 Å². The van der Waals surface area contributed by atoms with E-state index in [0.717, 1.165) is 104 Å². The molecule has 9 nitrogen and oxygen atoms in total. The first-order valence-electron chi connectivity index (χ1n) is 17.2. The van der Waals surface area contributed by atoms with Crippen molar-refractivity contribution in [2.45, 2.75) is 101 Å². The number of amides is 2. The minimum atomic E-state index is -1.04. The van der Waals surface area contributed by atoms with Crippen LogP contribution in [0.3, 0.4) is 0 Å². The highest BCUT2D eigenvalue weighted by Gasteiger charge is 2.40. The Kier molecular flexibility index (Phi) is 10.9. The monoisotopic (exact) mass is 594 g/mol. The van der Waals surface area contributed by atoms with Gasteiger partial charge in [-0.2, -0.15) is 0 Å². The number of carbonyl (C=O) groups is 1. The molecule has 2 aliphatic carbocycles. The van der Waals surface area contributed by atoms with E-state index in [9.17, 15) is 4.79 Å². The topological polar surface area (TPSA) is 95.7 Å². The lowest BCUT2D eigenvalue weighted by atomic mass is 9.74. The van der Waals surface area contributed by atoms with Crippen molar-refractivity contribution in [3.8, 4) is 0 Å². The third-order valence-electron chi connectivity index (χ3n) is 11.6. The van der Waals surface area contributed by atoms with Crippen molar-refractivity contribution in [2.75, 3.05) is 65.4 Å². The van der Waals surface area contributed by atoms with Crippen molar-refractivity contribution in [3.05, 3.63) is 0 Å². The molecule has 0 aromatic heterocycles. The zero-order chi connectivity index (χ0) is 28.9. The Hall–Kier alpha value is -1.11. The van der Waals surface area contributed by atoms with Crippen LogP contribution in [0.25, 0.3) is 0 Å². The highest BCUT2D eigenvalue weighted by atomic mass is 19.1. The van der Waals surface area contributed by atoms with E-state index in [1.807, 2.05) is 0 Å². The predicted molar refractivity (Wildman–Crippen MR) is 162 cm³/mol. The molecule has 42 heavy (non-hydrogen) atoms. The van der Waals surface area contributed by atoms with Gasteiger partial charge in [-0.15, -0.1) is 0 Å². The van der Waals surface area contributed by atoms with Gasteiger partial charge in [0.25, 0.3) is 0 Å². The van der Waals surface area contributed by atoms with Gasteiger partial charge in [0.05, 0.1) is 24.4 Å². The van der Waals surface area contributed by atoms with E-state index >= 15 is 8.78 Å². The average Bonchev–Trinajstić information content (AvgIpc) is 3.04. The minimum absolute atomic E-state index is 0.365. The van der Waals surface area contributed by atoms with E-state index in [0.29, 0.717) is 61.7 Å². The van der Waals surface area contributed by atoms with E-state index in [4.69, 9.17) is 0 Å². The molecule has 10 unspecified atom stereocenters. The molecule has 0 spiro atoms. The summed E-state index contributed by atoms with van der Waals surface area (Å²) in [6.07, 6.45) is 7.60. The molecule has 2 amide bonds. The first kappa shape index (κ1) is 30.9. The van der Waals surface area contributed by atoms with E-state index < -0.39 is 30.5 Å². The lowest BCUT2D eigenvalue weighted by Crippen LogP contribution is -2.57. The molecule has 6 fully saturated rings. The standard InChI is InChI=1S/C31H56F2N8O/c32-25-17-21(23-3-7-29(36-19-23)40-13-9-34-10-14-40)1-5-27(25)38-31(42)39-28-6-2-22(18-26(28)33)24-4-8-30(37-20-24)41-15-11-35-12-16-41/h21-30,34-37H,1-20H2,(H2,38,39,42). The van der Waals surface area contributed by atoms with Gasteiger partial charge >= 0.3 is 6.03 Å². The maximum atomic E-state index is 15.3. The molecule has 11 heteroatoms. The van der Waals surface area contributed by atoms with Crippen LogP contribution in [0, 0.1) is 23.7 Å². The van der Waals surface area contributed by atoms with Crippen LogP contribution in [-0.2, 0) is 0 Å². The summed E-state index contributed by atoms with van der Waals surface area (Å²) in [5, 5.41) is 20.1. The fourth-order valence-electron chi connectivity index (χ4n) is 8.99. The molecule has 10 atom stereocenters. The second-order valence-electron chi connectivity index (χ2n) is 14.1. The van der Waals surface area contributed by atoms with Crippen molar-refractivity contribution < 1.29 is 13.6 Å². The van der Waals surface area contributed by atoms with Crippen LogP contribution in [-0.4, -0.2) is 118 Å². The van der Waals surface area contributed by atoms with E-state index in [-0.39, 0.29) is 0 Å². The number of hydrogen-bond donors (Lipinski definition) is 6. The van der Waals surface area contributed by atoms with Crippen LogP contribution in [0.2, 0.25) is 0 Å². The number of rotatable bonds is 6. The average molecular weight is 595 g/mol. The van der Waals surface area contributed by atoms with Crippen LogP contribution in [0.5, 0.6) is 0 Å². The number of urea groups is 1. The lowest BCUT2D eigenvalue weighted by Gasteiger charge is -2.44. The Morgan fingerprint density at radius 2 is 0.976 bits per heavy atom. The maximum absolute atomic E-state index is 15.3. The van der Waals surface area contributed by atoms with Crippen LogP contribution in [0.15, 0.2) is 0 Å². The zero-order valence-corrected chi connectivity index (χ0v) is 25.5. The smallest absolute Gasteiger partial charge is 0.315 e. The van der Waals surface area contributed by atoms with Gasteiger partial charge in [-0.25, -0.2) is 13.6 Å². The first-order valence-corrected chi connectivity index (χ1v) is 17.2. The minimum Gasteiger partial charge on any atom is -0.332 e. The van der Waals surface area contributed by atoms with Crippen molar-refractivity contribution in [3.63, 3.8) is 0 Å². The van der Waals surface area contributed by atoms with Crippen LogP contribution in [0.1, 0.15) is 64.2 Å². The number of hydrogen-bond acceptors (Lipinski definition) is 7. The van der Waals surface area contributed by atoms with Gasteiger partial charge in [0, 0.05) is 52.4 Å². The molecule has 240 valence electrons. The molecule has 2 saturated carbocycles. The molecule has 6 N–H and O–H groups in total. The second-order valence-corrected chi connectivity index (χ2v) is 14.1. The fraction of sp³-hybridized carbons (Fsp3) is 0.968. The van der Waals surface area contributed by atoms with Crippen molar-refractivity contribution in [2.24, 2.45) is 23.7 Å². The highest BCUT2D eigenvalue weighted by Crippen LogP contribution is 2.37. The van der Waals surface area contributed by atoms with Gasteiger partial charge < -0.3 is 31.9 Å². The molecular formula is C31H56F2N8O. The third-order valence-corrected chi connectivity index (χ3v) is 11.6. The number of nitrogens with zero attached hydrogens (tertiary/aromatic N) is 2. The molecule has 6 aliphatic rings. The van der Waals surface area contributed by atoms with Gasteiger partial charge in [-0.1, -0.05) is 0 Å². The summed E-state index contributed by atoms with van der Waals surface area (Å²) in [4.78, 5) is 17.9. The number of halogens is 2. The predicted octanol–water partition coefficient (Wildman–Crippen LogP) is 1.76. The quantitative estimate of drug-likeness (QED) is 0.279. The van der Waals surface area contributed by atoms with Crippen LogP contribution < -0.4 is 31.9 Å². The molecule has 4 heterocycles. The molecule has 0 aromatic carbocycles. The highest BCUT2D eigenvalue weighted by molar-refractivity contribution is 5.74.